The number of pyridine rings is 1. The number of hydrogen-bond acceptors (Lipinski definition) is 4. The number of fused-ring (bicyclic) bond motifs is 1. The molecule has 0 bridgehead atoms. The number of carbonyl (C=O) groups is 1. The molecule has 1 aromatic carbocycles. The minimum atomic E-state index is -0.465. The third-order valence-corrected chi connectivity index (χ3v) is 6.08. The van der Waals surface area contributed by atoms with Crippen molar-refractivity contribution in [3.05, 3.63) is 62.7 Å². The van der Waals surface area contributed by atoms with Crippen molar-refractivity contribution in [2.24, 2.45) is 0 Å². The number of rotatable bonds is 4. The average Bonchev–Trinajstić information content (AvgIpc) is 3.25. The van der Waals surface area contributed by atoms with Crippen LogP contribution in [0.25, 0.3) is 22.3 Å². The minimum absolute atomic E-state index is 0.0815. The number of amides is 1. The molecule has 0 aliphatic carbocycles. The molecule has 0 saturated heterocycles. The summed E-state index contributed by atoms with van der Waals surface area (Å²) in [5.74, 6) is -0.821. The molecule has 1 amide bonds. The van der Waals surface area contributed by atoms with Crippen molar-refractivity contribution in [3.8, 4) is 11.3 Å². The van der Waals surface area contributed by atoms with E-state index in [9.17, 15) is 9.18 Å². The highest BCUT2D eigenvalue weighted by Gasteiger charge is 2.20. The fourth-order valence-electron chi connectivity index (χ4n) is 3.39. The second kappa shape index (κ2) is 7.81. The van der Waals surface area contributed by atoms with Crippen molar-refractivity contribution in [3.63, 3.8) is 0 Å². The summed E-state index contributed by atoms with van der Waals surface area (Å²) in [6.07, 6.45) is 1.65. The number of carbonyl (C=O) groups excluding carboxylic acids is 1. The number of hydrogen-bond donors (Lipinski definition) is 1. The Morgan fingerprint density at radius 2 is 2.00 bits per heavy atom. The monoisotopic (exact) mass is 442 g/mol. The first-order chi connectivity index (χ1) is 14.2. The van der Waals surface area contributed by atoms with Crippen molar-refractivity contribution in [1.29, 1.82) is 0 Å². The Kier molecular flexibility index (Phi) is 5.34. The molecule has 4 rings (SSSR count). The number of benzene rings is 1. The summed E-state index contributed by atoms with van der Waals surface area (Å²) in [6.45, 7) is 8.11. The molecule has 154 valence electrons. The van der Waals surface area contributed by atoms with Gasteiger partial charge in [-0.1, -0.05) is 11.6 Å². The minimum Gasteiger partial charge on any atom is -0.321 e. The number of aryl methyl sites for hydroxylation is 2. The molecule has 5 nitrogen and oxygen atoms in total. The fourth-order valence-corrected chi connectivity index (χ4v) is 4.54. The maximum Gasteiger partial charge on any atom is 0.256 e. The molecule has 0 radical (unpaired) electrons. The third-order valence-electron chi connectivity index (χ3n) is 4.80. The normalized spacial score (nSPS) is 11.4. The van der Waals surface area contributed by atoms with Gasteiger partial charge in [0.1, 0.15) is 5.82 Å². The lowest BCUT2D eigenvalue weighted by Gasteiger charge is -2.12. The SMILES string of the molecule is Cc1cc(-c2cc(C(=O)Nc3ccc(F)cc3Cl)c3cnn(C(C)C)c3n2)c(C)s1. The zero-order valence-electron chi connectivity index (χ0n) is 17.0. The van der Waals surface area contributed by atoms with Crippen LogP contribution in [0.3, 0.4) is 0 Å². The van der Waals surface area contributed by atoms with Gasteiger partial charge in [0.05, 0.1) is 33.6 Å². The van der Waals surface area contributed by atoms with Gasteiger partial charge in [0.15, 0.2) is 5.65 Å². The standard InChI is InChI=1S/C22H20ClFN4OS/c1-11(2)28-21-17(10-25-28)16(9-20(26-21)15-7-12(3)30-13(15)4)22(29)27-19-6-5-14(24)8-18(19)23/h5-11H,1-4H3,(H,27,29). The molecule has 3 heterocycles. The first-order valence-electron chi connectivity index (χ1n) is 9.46. The summed E-state index contributed by atoms with van der Waals surface area (Å²) in [5, 5.41) is 8.00. The number of thiophene rings is 1. The quantitative estimate of drug-likeness (QED) is 0.397. The van der Waals surface area contributed by atoms with Crippen molar-refractivity contribution in [1.82, 2.24) is 14.8 Å². The van der Waals surface area contributed by atoms with Crippen molar-refractivity contribution in [2.75, 3.05) is 5.32 Å². The van der Waals surface area contributed by atoms with E-state index in [2.05, 4.69) is 16.5 Å². The largest absolute Gasteiger partial charge is 0.321 e. The summed E-state index contributed by atoms with van der Waals surface area (Å²) < 4.78 is 15.2. The number of aromatic nitrogens is 3. The van der Waals surface area contributed by atoms with Crippen LogP contribution in [0, 0.1) is 19.7 Å². The van der Waals surface area contributed by atoms with Crippen LogP contribution >= 0.6 is 22.9 Å². The van der Waals surface area contributed by atoms with Crippen molar-refractivity contribution >= 4 is 45.6 Å². The van der Waals surface area contributed by atoms with Gasteiger partial charge in [-0.15, -0.1) is 11.3 Å². The molecule has 0 aliphatic rings. The Bertz CT molecular complexity index is 1280. The molecule has 0 aliphatic heterocycles. The Morgan fingerprint density at radius 1 is 1.23 bits per heavy atom. The van der Waals surface area contributed by atoms with E-state index in [1.165, 1.54) is 23.1 Å². The van der Waals surface area contributed by atoms with Crippen LogP contribution in [-0.2, 0) is 0 Å². The summed E-state index contributed by atoms with van der Waals surface area (Å²) in [5.41, 5.74) is 3.12. The second-order valence-corrected chi connectivity index (χ2v) is 9.25. The van der Waals surface area contributed by atoms with Crippen LogP contribution in [0.2, 0.25) is 5.02 Å². The smallest absolute Gasteiger partial charge is 0.256 e. The maximum atomic E-state index is 13.4. The lowest BCUT2D eigenvalue weighted by molar-refractivity contribution is 0.102. The van der Waals surface area contributed by atoms with Gasteiger partial charge < -0.3 is 5.32 Å². The molecule has 4 aromatic rings. The van der Waals surface area contributed by atoms with Gasteiger partial charge in [0, 0.05) is 21.4 Å². The van der Waals surface area contributed by atoms with E-state index >= 15 is 0 Å². The number of nitrogens with zero attached hydrogens (tertiary/aromatic N) is 3. The van der Waals surface area contributed by atoms with Crippen LogP contribution in [0.1, 0.15) is 40.0 Å². The van der Waals surface area contributed by atoms with Crippen LogP contribution in [-0.4, -0.2) is 20.7 Å². The van der Waals surface area contributed by atoms with Crippen LogP contribution < -0.4 is 5.32 Å². The molecule has 8 heteroatoms. The fraction of sp³-hybridized carbons (Fsp3) is 0.227. The van der Waals surface area contributed by atoms with E-state index in [0.29, 0.717) is 28.0 Å². The summed E-state index contributed by atoms with van der Waals surface area (Å²) in [7, 11) is 0. The lowest BCUT2D eigenvalue weighted by Crippen LogP contribution is -2.14. The summed E-state index contributed by atoms with van der Waals surface area (Å²) in [6, 6.07) is 7.79. The highest BCUT2D eigenvalue weighted by Crippen LogP contribution is 2.33. The van der Waals surface area contributed by atoms with E-state index < -0.39 is 5.82 Å². The summed E-state index contributed by atoms with van der Waals surface area (Å²) in [4.78, 5) is 20.3. The molecule has 1 N–H and O–H groups in total. The molecular weight excluding hydrogens is 423 g/mol. The molecule has 0 atom stereocenters. The van der Waals surface area contributed by atoms with E-state index in [0.717, 1.165) is 10.4 Å². The van der Waals surface area contributed by atoms with Crippen molar-refractivity contribution < 1.29 is 9.18 Å². The number of nitrogens with one attached hydrogen (secondary N) is 1. The highest BCUT2D eigenvalue weighted by atomic mass is 35.5. The number of anilines is 1. The van der Waals surface area contributed by atoms with Gasteiger partial charge in [0.25, 0.3) is 5.91 Å². The van der Waals surface area contributed by atoms with Gasteiger partial charge >= 0.3 is 0 Å². The molecule has 0 spiro atoms. The molecule has 0 saturated carbocycles. The van der Waals surface area contributed by atoms with E-state index in [4.69, 9.17) is 16.6 Å². The predicted molar refractivity (Wildman–Crippen MR) is 120 cm³/mol. The lowest BCUT2D eigenvalue weighted by atomic mass is 10.1. The molecule has 0 fully saturated rings. The Labute approximate surface area is 182 Å². The second-order valence-electron chi connectivity index (χ2n) is 7.38. The summed E-state index contributed by atoms with van der Waals surface area (Å²) >= 11 is 7.78. The average molecular weight is 443 g/mol. The van der Waals surface area contributed by atoms with Gasteiger partial charge in [0.2, 0.25) is 0 Å². The van der Waals surface area contributed by atoms with E-state index in [1.807, 2.05) is 27.7 Å². The van der Waals surface area contributed by atoms with Gasteiger partial charge in [-0.2, -0.15) is 5.10 Å². The van der Waals surface area contributed by atoms with Crippen LogP contribution in [0.5, 0.6) is 0 Å². The first-order valence-corrected chi connectivity index (χ1v) is 10.7. The van der Waals surface area contributed by atoms with Crippen molar-refractivity contribution in [2.45, 2.75) is 33.7 Å². The highest BCUT2D eigenvalue weighted by molar-refractivity contribution is 7.12. The molecule has 30 heavy (non-hydrogen) atoms. The molecule has 0 unspecified atom stereocenters. The van der Waals surface area contributed by atoms with E-state index in [1.54, 1.807) is 28.3 Å². The van der Waals surface area contributed by atoms with Gasteiger partial charge in [-0.25, -0.2) is 14.1 Å². The number of halogens is 2. The third kappa shape index (κ3) is 3.70. The topological polar surface area (TPSA) is 59.8 Å². The van der Waals surface area contributed by atoms with Gasteiger partial charge in [-0.3, -0.25) is 4.79 Å². The molecule has 3 aromatic heterocycles. The zero-order valence-corrected chi connectivity index (χ0v) is 18.5. The van der Waals surface area contributed by atoms with E-state index in [-0.39, 0.29) is 17.0 Å². The Balaban J connectivity index is 1.87. The maximum absolute atomic E-state index is 13.4. The first kappa shape index (κ1) is 20.5. The molecular formula is C22H20ClFN4OS. The Morgan fingerprint density at radius 3 is 2.63 bits per heavy atom. The van der Waals surface area contributed by atoms with Crippen LogP contribution in [0.4, 0.5) is 10.1 Å². The zero-order chi connectivity index (χ0) is 21.6. The van der Waals surface area contributed by atoms with Gasteiger partial charge in [-0.05, 0) is 58.0 Å². The van der Waals surface area contributed by atoms with Crippen LogP contribution in [0.15, 0.2) is 36.5 Å². The predicted octanol–water partition coefficient (Wildman–Crippen LogP) is 6.40. The Hall–Kier alpha value is -2.77.